The van der Waals surface area contributed by atoms with E-state index in [1.165, 1.54) is 0 Å². The van der Waals surface area contributed by atoms with Crippen molar-refractivity contribution in [2.24, 2.45) is 0 Å². The molecule has 0 amide bonds. The zero-order chi connectivity index (χ0) is 27.5. The summed E-state index contributed by atoms with van der Waals surface area (Å²) in [5.41, 5.74) is 3.62. The van der Waals surface area contributed by atoms with Crippen molar-refractivity contribution in [3.05, 3.63) is 81.4 Å². The van der Waals surface area contributed by atoms with Crippen LogP contribution >= 0.6 is 0 Å². The Morgan fingerprint density at radius 3 is 2.67 bits per heavy atom. The Morgan fingerprint density at radius 2 is 1.93 bits per heavy atom. The third-order valence-corrected chi connectivity index (χ3v) is 8.20. The fraction of sp³-hybridized carbons (Fsp3) is 0.484. The summed E-state index contributed by atoms with van der Waals surface area (Å²) < 4.78 is 13.8. The van der Waals surface area contributed by atoms with Crippen LogP contribution in [0.4, 0.5) is 0 Å². The number of hydrogen-bond donors (Lipinski definition) is 1. The van der Waals surface area contributed by atoms with Gasteiger partial charge < -0.3 is 14.5 Å². The normalized spacial score (nSPS) is 18.6. The van der Waals surface area contributed by atoms with Gasteiger partial charge in [0.1, 0.15) is 11.8 Å². The number of hydrogen-bond acceptors (Lipinski definition) is 7. The van der Waals surface area contributed by atoms with E-state index >= 15 is 0 Å². The van der Waals surface area contributed by atoms with Crippen LogP contribution < -0.4 is 10.3 Å². The van der Waals surface area contributed by atoms with E-state index in [2.05, 4.69) is 50.5 Å². The molecular weight excluding hydrogens is 504 g/mol. The number of nitrogens with zero attached hydrogens (tertiary/aromatic N) is 5. The van der Waals surface area contributed by atoms with Gasteiger partial charge >= 0.3 is 0 Å². The molecule has 2 aliphatic rings. The molecule has 2 aromatic carbocycles. The van der Waals surface area contributed by atoms with Crippen LogP contribution in [0.3, 0.4) is 0 Å². The van der Waals surface area contributed by atoms with Gasteiger partial charge in [-0.05, 0) is 91.2 Å². The lowest BCUT2D eigenvalue weighted by atomic mass is 10.0. The van der Waals surface area contributed by atoms with Gasteiger partial charge in [0.2, 0.25) is 0 Å². The number of rotatable bonds is 10. The highest BCUT2D eigenvalue weighted by molar-refractivity contribution is 5.79. The second kappa shape index (κ2) is 11.9. The summed E-state index contributed by atoms with van der Waals surface area (Å²) in [5.74, 6) is 1.56. The molecule has 1 aliphatic heterocycles. The first kappa shape index (κ1) is 26.7. The van der Waals surface area contributed by atoms with E-state index in [1.54, 1.807) is 0 Å². The summed E-state index contributed by atoms with van der Waals surface area (Å²) >= 11 is 0. The lowest BCUT2D eigenvalue weighted by molar-refractivity contribution is 0.0569. The fourth-order valence-corrected chi connectivity index (χ4v) is 6.24. The zero-order valence-corrected chi connectivity index (χ0v) is 23.4. The molecule has 0 unspecified atom stereocenters. The molecule has 3 heterocycles. The number of pyridine rings is 1. The molecule has 210 valence electrons. The van der Waals surface area contributed by atoms with E-state index in [0.717, 1.165) is 72.9 Å². The molecule has 1 saturated carbocycles. The summed E-state index contributed by atoms with van der Waals surface area (Å²) in [4.78, 5) is 19.3. The van der Waals surface area contributed by atoms with Gasteiger partial charge in [0.05, 0.1) is 18.8 Å². The molecule has 6 rings (SSSR count). The molecule has 1 saturated heterocycles. The molecule has 0 radical (unpaired) electrons. The topological polar surface area (TPSA) is 98.2 Å². The molecule has 2 aromatic heterocycles. The molecule has 40 heavy (non-hydrogen) atoms. The lowest BCUT2D eigenvalue weighted by Crippen LogP contribution is -2.39. The largest absolute Gasteiger partial charge is 0.494 e. The van der Waals surface area contributed by atoms with Gasteiger partial charge in [-0.15, -0.1) is 5.10 Å². The maximum Gasteiger partial charge on any atom is 0.253 e. The number of benzene rings is 2. The van der Waals surface area contributed by atoms with Crippen molar-refractivity contribution in [3.63, 3.8) is 0 Å². The number of H-pyrrole nitrogens is 1. The number of aromatic nitrogens is 5. The van der Waals surface area contributed by atoms with E-state index in [4.69, 9.17) is 9.47 Å². The highest BCUT2D eigenvalue weighted by atomic mass is 16.5. The second-order valence-corrected chi connectivity index (χ2v) is 11.1. The molecule has 4 aromatic rings. The van der Waals surface area contributed by atoms with Crippen molar-refractivity contribution < 1.29 is 9.47 Å². The van der Waals surface area contributed by atoms with Crippen LogP contribution in [-0.4, -0.2) is 56.0 Å². The molecule has 9 heteroatoms. The predicted molar refractivity (Wildman–Crippen MR) is 153 cm³/mol. The average Bonchev–Trinajstić information content (AvgIpc) is 3.74. The van der Waals surface area contributed by atoms with Crippen molar-refractivity contribution >= 4 is 10.9 Å². The second-order valence-electron chi connectivity index (χ2n) is 11.1. The zero-order valence-electron chi connectivity index (χ0n) is 23.4. The van der Waals surface area contributed by atoms with E-state index in [0.29, 0.717) is 31.1 Å². The quantitative estimate of drug-likeness (QED) is 0.297. The van der Waals surface area contributed by atoms with Gasteiger partial charge in [0.15, 0.2) is 5.82 Å². The van der Waals surface area contributed by atoms with Crippen LogP contribution in [0.15, 0.2) is 53.3 Å². The number of nitrogens with one attached hydrogen (secondary N) is 1. The maximum absolute atomic E-state index is 13.8. The van der Waals surface area contributed by atoms with Gasteiger partial charge in [0, 0.05) is 30.8 Å². The Kier molecular flexibility index (Phi) is 7.93. The van der Waals surface area contributed by atoms with Crippen LogP contribution in [0.25, 0.3) is 10.9 Å². The molecule has 0 bridgehead atoms. The molecule has 9 nitrogen and oxygen atoms in total. The molecule has 2 fully saturated rings. The first-order valence-corrected chi connectivity index (χ1v) is 14.6. The van der Waals surface area contributed by atoms with Crippen LogP contribution in [0.2, 0.25) is 0 Å². The molecule has 0 spiro atoms. The van der Waals surface area contributed by atoms with Crippen molar-refractivity contribution in [1.82, 2.24) is 30.1 Å². The summed E-state index contributed by atoms with van der Waals surface area (Å²) in [6.07, 6.45) is 6.54. The van der Waals surface area contributed by atoms with Gasteiger partial charge in [-0.3, -0.25) is 9.69 Å². The molecule has 1 aliphatic carbocycles. The monoisotopic (exact) mass is 542 g/mol. The summed E-state index contributed by atoms with van der Waals surface area (Å²) in [7, 11) is 0. The summed E-state index contributed by atoms with van der Waals surface area (Å²) in [6, 6.07) is 16.1. The van der Waals surface area contributed by atoms with E-state index in [9.17, 15) is 4.79 Å². The smallest absolute Gasteiger partial charge is 0.253 e. The standard InChI is InChI=1S/C31H38N6O3/c1-3-39-25-13-11-22(12-14-25)19-36(20-26-9-6-16-40-26)29(30-33-34-35-37(30)24-7-4-5-8-24)27-18-23-17-21(2)10-15-28(23)32-31(27)38/h10-15,17-18,24,26,29H,3-9,16,19-20H2,1-2H3,(H,32,38)/t26-,29+/m1/s1. The molecule has 2 atom stereocenters. The van der Waals surface area contributed by atoms with Gasteiger partial charge in [-0.2, -0.15) is 0 Å². The van der Waals surface area contributed by atoms with Crippen LogP contribution in [0.1, 0.15) is 80.0 Å². The highest BCUT2D eigenvalue weighted by Crippen LogP contribution is 2.35. The minimum Gasteiger partial charge on any atom is -0.494 e. The van der Waals surface area contributed by atoms with E-state index in [1.807, 2.05) is 41.9 Å². The Hall–Kier alpha value is -3.56. The third-order valence-electron chi connectivity index (χ3n) is 8.20. The van der Waals surface area contributed by atoms with Gasteiger partial charge in [-0.25, -0.2) is 4.68 Å². The Bertz CT molecular complexity index is 1490. The number of aryl methyl sites for hydroxylation is 1. The van der Waals surface area contributed by atoms with E-state index < -0.39 is 6.04 Å². The number of fused-ring (bicyclic) bond motifs is 1. The predicted octanol–water partition coefficient (Wildman–Crippen LogP) is 5.11. The Morgan fingerprint density at radius 1 is 1.10 bits per heavy atom. The van der Waals surface area contributed by atoms with E-state index in [-0.39, 0.29) is 17.7 Å². The SMILES string of the molecule is CCOc1ccc(CN(C[C@H]2CCCO2)[C@@H](c2cc3cc(C)ccc3[nH]c2=O)c2nnnn2C2CCCC2)cc1. The van der Waals surface area contributed by atoms with Gasteiger partial charge in [0.25, 0.3) is 5.56 Å². The minimum atomic E-state index is -0.444. The summed E-state index contributed by atoms with van der Waals surface area (Å²) in [6.45, 7) is 6.72. The first-order chi connectivity index (χ1) is 19.6. The number of aromatic amines is 1. The maximum atomic E-state index is 13.8. The molecule has 1 N–H and O–H groups in total. The Labute approximate surface area is 234 Å². The average molecular weight is 543 g/mol. The van der Waals surface area contributed by atoms with Crippen molar-refractivity contribution in [1.29, 1.82) is 0 Å². The minimum absolute atomic E-state index is 0.0859. The molecular formula is C31H38N6O3. The lowest BCUT2D eigenvalue weighted by Gasteiger charge is -2.33. The number of ether oxygens (including phenoxy) is 2. The highest BCUT2D eigenvalue weighted by Gasteiger charge is 2.35. The van der Waals surface area contributed by atoms with Crippen molar-refractivity contribution in [2.45, 2.75) is 77.1 Å². The van der Waals surface area contributed by atoms with Crippen LogP contribution in [0.5, 0.6) is 5.75 Å². The van der Waals surface area contributed by atoms with Crippen LogP contribution in [-0.2, 0) is 11.3 Å². The van der Waals surface area contributed by atoms with Crippen molar-refractivity contribution in [3.8, 4) is 5.75 Å². The number of tetrazole rings is 1. The Balaban J connectivity index is 1.47. The third kappa shape index (κ3) is 5.67. The first-order valence-electron chi connectivity index (χ1n) is 14.6. The van der Waals surface area contributed by atoms with Crippen molar-refractivity contribution in [2.75, 3.05) is 19.8 Å². The summed E-state index contributed by atoms with van der Waals surface area (Å²) in [5, 5.41) is 14.2. The fourth-order valence-electron chi connectivity index (χ4n) is 6.24. The van der Waals surface area contributed by atoms with Gasteiger partial charge in [-0.1, -0.05) is 36.6 Å². The van der Waals surface area contributed by atoms with Crippen LogP contribution in [0, 0.1) is 6.92 Å².